The van der Waals surface area contributed by atoms with Crippen molar-refractivity contribution in [2.45, 2.75) is 25.7 Å². The fraction of sp³-hybridized carbons (Fsp3) is 0.130. The van der Waals surface area contributed by atoms with E-state index in [1.165, 1.54) is 4.31 Å². The molecule has 0 N–H and O–H groups in total. The van der Waals surface area contributed by atoms with Crippen LogP contribution < -0.4 is 4.31 Å². The SMILES string of the molecule is CC(=CN(c1ccccc1)S(=O)(=O)c1ccc(C)cc1)c1cccc(C)c1. The summed E-state index contributed by atoms with van der Waals surface area (Å²) in [6, 6.07) is 24.1. The van der Waals surface area contributed by atoms with Crippen LogP contribution in [0.2, 0.25) is 0 Å². The van der Waals surface area contributed by atoms with E-state index in [2.05, 4.69) is 0 Å². The molecule has 0 unspecified atom stereocenters. The second-order valence-corrected chi connectivity index (χ2v) is 8.45. The highest BCUT2D eigenvalue weighted by atomic mass is 32.2. The third kappa shape index (κ3) is 4.29. The molecule has 0 bridgehead atoms. The summed E-state index contributed by atoms with van der Waals surface area (Å²) in [5.74, 6) is 0. The van der Waals surface area contributed by atoms with Crippen LogP contribution in [0.15, 0.2) is 90.0 Å². The van der Waals surface area contributed by atoms with Crippen LogP contribution in [0.3, 0.4) is 0 Å². The van der Waals surface area contributed by atoms with Gasteiger partial charge in [0.25, 0.3) is 10.0 Å². The van der Waals surface area contributed by atoms with Crippen molar-refractivity contribution in [3.05, 3.63) is 102 Å². The lowest BCUT2D eigenvalue weighted by Gasteiger charge is -2.22. The Hall–Kier alpha value is -2.85. The van der Waals surface area contributed by atoms with Gasteiger partial charge in [-0.2, -0.15) is 0 Å². The number of rotatable bonds is 5. The summed E-state index contributed by atoms with van der Waals surface area (Å²) in [7, 11) is -3.73. The molecule has 0 atom stereocenters. The summed E-state index contributed by atoms with van der Waals surface area (Å²) >= 11 is 0. The summed E-state index contributed by atoms with van der Waals surface area (Å²) < 4.78 is 28.1. The first-order chi connectivity index (χ1) is 12.9. The molecule has 0 saturated carbocycles. The standard InChI is InChI=1S/C23H23NO2S/c1-18-12-14-23(15-13-18)27(25,26)24(22-10-5-4-6-11-22)17-20(3)21-9-7-8-19(2)16-21/h4-17H,1-3H3. The van der Waals surface area contributed by atoms with Crippen molar-refractivity contribution in [1.29, 1.82) is 0 Å². The lowest BCUT2D eigenvalue weighted by Crippen LogP contribution is -2.26. The van der Waals surface area contributed by atoms with E-state index in [-0.39, 0.29) is 4.90 Å². The van der Waals surface area contributed by atoms with Gasteiger partial charge in [-0.1, -0.05) is 65.7 Å². The number of benzene rings is 3. The zero-order valence-corrected chi connectivity index (χ0v) is 16.6. The Kier molecular flexibility index (Phi) is 5.47. The number of sulfonamides is 1. The van der Waals surface area contributed by atoms with Gasteiger partial charge in [0.05, 0.1) is 10.6 Å². The van der Waals surface area contributed by atoms with Crippen molar-refractivity contribution in [3.8, 4) is 0 Å². The minimum atomic E-state index is -3.73. The first kappa shape index (κ1) is 18.9. The number of anilines is 1. The largest absolute Gasteiger partial charge is 0.268 e. The quantitative estimate of drug-likeness (QED) is 0.584. The first-order valence-electron chi connectivity index (χ1n) is 8.79. The molecule has 4 heteroatoms. The molecule has 27 heavy (non-hydrogen) atoms. The van der Waals surface area contributed by atoms with Gasteiger partial charge in [0.1, 0.15) is 0 Å². The monoisotopic (exact) mass is 377 g/mol. The van der Waals surface area contributed by atoms with Gasteiger partial charge >= 0.3 is 0 Å². The van der Waals surface area contributed by atoms with Crippen LogP contribution in [-0.2, 0) is 10.0 Å². The van der Waals surface area contributed by atoms with Crippen molar-refractivity contribution in [1.82, 2.24) is 0 Å². The molecule has 0 aliphatic rings. The second kappa shape index (κ2) is 7.80. The second-order valence-electron chi connectivity index (χ2n) is 6.63. The third-order valence-electron chi connectivity index (χ3n) is 4.37. The van der Waals surface area contributed by atoms with E-state index in [0.717, 1.165) is 22.3 Å². The maximum atomic E-state index is 13.4. The van der Waals surface area contributed by atoms with Crippen molar-refractivity contribution >= 4 is 21.3 Å². The van der Waals surface area contributed by atoms with E-state index in [9.17, 15) is 8.42 Å². The summed E-state index contributed by atoms with van der Waals surface area (Å²) in [5, 5.41) is 0. The normalized spacial score (nSPS) is 12.0. The smallest absolute Gasteiger partial charge is 0.242 e. The molecular weight excluding hydrogens is 354 g/mol. The molecule has 138 valence electrons. The van der Waals surface area contributed by atoms with Gasteiger partial charge in [0.15, 0.2) is 0 Å². The van der Waals surface area contributed by atoms with Gasteiger partial charge in [-0.3, -0.25) is 0 Å². The van der Waals surface area contributed by atoms with Crippen LogP contribution in [0.1, 0.15) is 23.6 Å². The average Bonchev–Trinajstić information content (AvgIpc) is 2.67. The van der Waals surface area contributed by atoms with E-state index in [1.54, 1.807) is 30.5 Å². The van der Waals surface area contributed by atoms with Crippen LogP contribution in [0.25, 0.3) is 5.57 Å². The van der Waals surface area contributed by atoms with Crippen molar-refractivity contribution < 1.29 is 8.42 Å². The molecule has 0 saturated heterocycles. The molecule has 0 heterocycles. The summed E-state index contributed by atoms with van der Waals surface area (Å²) in [4.78, 5) is 0.269. The fourth-order valence-corrected chi connectivity index (χ4v) is 4.23. The molecule has 3 aromatic rings. The van der Waals surface area contributed by atoms with Crippen LogP contribution in [-0.4, -0.2) is 8.42 Å². The number of hydrogen-bond donors (Lipinski definition) is 0. The maximum Gasteiger partial charge on any atom is 0.268 e. The van der Waals surface area contributed by atoms with Crippen LogP contribution in [0.5, 0.6) is 0 Å². The average molecular weight is 378 g/mol. The minimum absolute atomic E-state index is 0.269. The van der Waals surface area contributed by atoms with Crippen molar-refractivity contribution in [2.24, 2.45) is 0 Å². The van der Waals surface area contributed by atoms with Crippen molar-refractivity contribution in [3.63, 3.8) is 0 Å². The Bertz CT molecular complexity index is 1050. The Labute approximate surface area is 161 Å². The molecule has 0 fully saturated rings. The van der Waals surface area contributed by atoms with Gasteiger partial charge in [0.2, 0.25) is 0 Å². The van der Waals surface area contributed by atoms with Gasteiger partial charge in [-0.15, -0.1) is 0 Å². The zero-order chi connectivity index (χ0) is 19.4. The minimum Gasteiger partial charge on any atom is -0.242 e. The summed E-state index contributed by atoms with van der Waals surface area (Å²) in [6.45, 7) is 5.89. The summed E-state index contributed by atoms with van der Waals surface area (Å²) in [6.07, 6.45) is 1.69. The molecule has 0 amide bonds. The molecule has 0 spiro atoms. The first-order valence-corrected chi connectivity index (χ1v) is 10.2. The highest BCUT2D eigenvalue weighted by Crippen LogP contribution is 2.27. The topological polar surface area (TPSA) is 37.4 Å². The highest BCUT2D eigenvalue weighted by Gasteiger charge is 2.23. The molecule has 0 aliphatic carbocycles. The van der Waals surface area contributed by atoms with Crippen LogP contribution in [0, 0.1) is 13.8 Å². The molecule has 0 radical (unpaired) electrons. The lowest BCUT2D eigenvalue weighted by atomic mass is 10.1. The highest BCUT2D eigenvalue weighted by molar-refractivity contribution is 7.93. The van der Waals surface area contributed by atoms with E-state index >= 15 is 0 Å². The zero-order valence-electron chi connectivity index (χ0n) is 15.8. The van der Waals surface area contributed by atoms with Crippen molar-refractivity contribution in [2.75, 3.05) is 4.31 Å². The van der Waals surface area contributed by atoms with Gasteiger partial charge in [0, 0.05) is 6.20 Å². The van der Waals surface area contributed by atoms with E-state index in [4.69, 9.17) is 0 Å². The number of aryl methyl sites for hydroxylation is 2. The Morgan fingerprint density at radius 2 is 1.48 bits per heavy atom. The molecule has 3 nitrogen and oxygen atoms in total. The van der Waals surface area contributed by atoms with Gasteiger partial charge in [-0.25, -0.2) is 12.7 Å². The van der Waals surface area contributed by atoms with E-state index in [0.29, 0.717) is 5.69 Å². The van der Waals surface area contributed by atoms with Gasteiger partial charge < -0.3 is 0 Å². The Balaban J connectivity index is 2.12. The molecule has 0 aromatic heterocycles. The number of nitrogens with zero attached hydrogens (tertiary/aromatic N) is 1. The lowest BCUT2D eigenvalue weighted by molar-refractivity contribution is 0.596. The predicted molar refractivity (Wildman–Crippen MR) is 112 cm³/mol. The third-order valence-corrected chi connectivity index (χ3v) is 6.07. The Morgan fingerprint density at radius 3 is 2.11 bits per heavy atom. The number of allylic oxidation sites excluding steroid dienone is 1. The molecule has 0 aliphatic heterocycles. The molecule has 3 rings (SSSR count). The number of para-hydroxylation sites is 1. The van der Waals surface area contributed by atoms with Crippen LogP contribution >= 0.6 is 0 Å². The van der Waals surface area contributed by atoms with E-state index < -0.39 is 10.0 Å². The van der Waals surface area contributed by atoms with Gasteiger partial charge in [-0.05, 0) is 56.2 Å². The van der Waals surface area contributed by atoms with Crippen LogP contribution in [0.4, 0.5) is 5.69 Å². The maximum absolute atomic E-state index is 13.4. The fourth-order valence-electron chi connectivity index (χ4n) is 2.82. The predicted octanol–water partition coefficient (Wildman–Crippen LogP) is 5.56. The van der Waals surface area contributed by atoms with E-state index in [1.807, 2.05) is 75.4 Å². The Morgan fingerprint density at radius 1 is 0.815 bits per heavy atom. The summed E-state index contributed by atoms with van der Waals surface area (Å²) in [5.41, 5.74) is 4.62. The number of hydrogen-bond acceptors (Lipinski definition) is 2. The molecule has 3 aromatic carbocycles. The molecular formula is C23H23NO2S.